The second-order valence-corrected chi connectivity index (χ2v) is 8.77. The van der Waals surface area contributed by atoms with Gasteiger partial charge in [-0.2, -0.15) is 0 Å². The SMILES string of the molecule is CC/C=C(\C)CN1CCN(C(=O)c2ccco2)[C@@H]2CS(=O)(=O)C[C@@H]21. The maximum Gasteiger partial charge on any atom is 0.289 e. The van der Waals surface area contributed by atoms with Crippen LogP contribution in [0.5, 0.6) is 0 Å². The Balaban J connectivity index is 1.82. The molecule has 2 saturated heterocycles. The van der Waals surface area contributed by atoms with Crippen molar-refractivity contribution in [3.8, 4) is 0 Å². The van der Waals surface area contributed by atoms with Crippen molar-refractivity contribution in [3.63, 3.8) is 0 Å². The number of amides is 1. The summed E-state index contributed by atoms with van der Waals surface area (Å²) in [6.07, 6.45) is 4.60. The lowest BCUT2D eigenvalue weighted by Gasteiger charge is -2.43. The van der Waals surface area contributed by atoms with Crippen LogP contribution in [0.1, 0.15) is 30.8 Å². The first kappa shape index (κ1) is 17.2. The minimum absolute atomic E-state index is 0.0388. The zero-order valence-corrected chi connectivity index (χ0v) is 15.0. The van der Waals surface area contributed by atoms with E-state index in [1.807, 2.05) is 0 Å². The molecule has 2 aliphatic rings. The minimum atomic E-state index is -3.13. The third-order valence-electron chi connectivity index (χ3n) is 4.79. The van der Waals surface area contributed by atoms with E-state index in [0.717, 1.165) is 13.0 Å². The number of hydrogen-bond donors (Lipinski definition) is 0. The van der Waals surface area contributed by atoms with Gasteiger partial charge in [-0.15, -0.1) is 0 Å². The second-order valence-electron chi connectivity index (χ2n) is 6.62. The molecular weight excluding hydrogens is 328 g/mol. The van der Waals surface area contributed by atoms with Crippen LogP contribution in [-0.4, -0.2) is 67.3 Å². The van der Waals surface area contributed by atoms with Gasteiger partial charge < -0.3 is 9.32 Å². The average molecular weight is 352 g/mol. The Labute approximate surface area is 143 Å². The fraction of sp³-hybridized carbons (Fsp3) is 0.588. The summed E-state index contributed by atoms with van der Waals surface area (Å²) in [4.78, 5) is 16.5. The number of piperazine rings is 1. The van der Waals surface area contributed by atoms with Crippen LogP contribution >= 0.6 is 0 Å². The molecule has 3 rings (SSSR count). The predicted molar refractivity (Wildman–Crippen MR) is 91.6 cm³/mol. The predicted octanol–water partition coefficient (Wildman–Crippen LogP) is 1.56. The Morgan fingerprint density at radius 3 is 2.75 bits per heavy atom. The van der Waals surface area contributed by atoms with E-state index in [1.54, 1.807) is 17.0 Å². The van der Waals surface area contributed by atoms with Crippen LogP contribution in [0.15, 0.2) is 34.5 Å². The van der Waals surface area contributed by atoms with E-state index < -0.39 is 9.84 Å². The first-order valence-electron chi connectivity index (χ1n) is 8.36. The average Bonchev–Trinajstić information content (AvgIpc) is 3.13. The molecule has 0 spiro atoms. The van der Waals surface area contributed by atoms with E-state index in [-0.39, 0.29) is 35.3 Å². The summed E-state index contributed by atoms with van der Waals surface area (Å²) in [6.45, 7) is 6.12. The van der Waals surface area contributed by atoms with E-state index >= 15 is 0 Å². The number of sulfone groups is 1. The fourth-order valence-corrected chi connectivity index (χ4v) is 5.76. The molecule has 0 unspecified atom stereocenters. The van der Waals surface area contributed by atoms with Gasteiger partial charge in [0.15, 0.2) is 15.6 Å². The van der Waals surface area contributed by atoms with Gasteiger partial charge in [-0.3, -0.25) is 9.69 Å². The fourth-order valence-electron chi connectivity index (χ4n) is 3.75. The molecule has 1 aromatic rings. The third-order valence-corrected chi connectivity index (χ3v) is 6.49. The van der Waals surface area contributed by atoms with Gasteiger partial charge in [-0.1, -0.05) is 18.6 Å². The van der Waals surface area contributed by atoms with E-state index in [1.165, 1.54) is 11.8 Å². The first-order chi connectivity index (χ1) is 11.4. The molecule has 2 fully saturated rings. The first-order valence-corrected chi connectivity index (χ1v) is 10.2. The van der Waals surface area contributed by atoms with Gasteiger partial charge in [-0.05, 0) is 25.5 Å². The number of carbonyl (C=O) groups is 1. The highest BCUT2D eigenvalue weighted by Crippen LogP contribution is 2.28. The summed E-state index contributed by atoms with van der Waals surface area (Å²) < 4.78 is 29.6. The van der Waals surface area contributed by atoms with Crippen molar-refractivity contribution in [2.45, 2.75) is 32.4 Å². The summed E-state index contributed by atoms with van der Waals surface area (Å²) in [5.74, 6) is 0.219. The van der Waals surface area contributed by atoms with Gasteiger partial charge in [0.25, 0.3) is 5.91 Å². The monoisotopic (exact) mass is 352 g/mol. The lowest BCUT2D eigenvalue weighted by molar-refractivity contribution is 0.0336. The molecule has 0 N–H and O–H groups in total. The van der Waals surface area contributed by atoms with Crippen molar-refractivity contribution in [1.82, 2.24) is 9.80 Å². The highest BCUT2D eigenvalue weighted by atomic mass is 32.2. The van der Waals surface area contributed by atoms with E-state index in [0.29, 0.717) is 13.1 Å². The highest BCUT2D eigenvalue weighted by Gasteiger charge is 2.48. The summed E-state index contributed by atoms with van der Waals surface area (Å²) >= 11 is 0. The Hall–Kier alpha value is -1.60. The van der Waals surface area contributed by atoms with Crippen molar-refractivity contribution < 1.29 is 17.6 Å². The maximum absolute atomic E-state index is 12.7. The van der Waals surface area contributed by atoms with Gasteiger partial charge in [0.2, 0.25) is 0 Å². The highest BCUT2D eigenvalue weighted by molar-refractivity contribution is 7.91. The van der Waals surface area contributed by atoms with Crippen molar-refractivity contribution in [1.29, 1.82) is 0 Å². The molecule has 0 aromatic carbocycles. The minimum Gasteiger partial charge on any atom is -0.459 e. The van der Waals surface area contributed by atoms with E-state index in [9.17, 15) is 13.2 Å². The molecule has 7 heteroatoms. The molecule has 24 heavy (non-hydrogen) atoms. The molecule has 2 aliphatic heterocycles. The second kappa shape index (κ2) is 6.72. The molecule has 0 saturated carbocycles. The topological polar surface area (TPSA) is 70.8 Å². The smallest absolute Gasteiger partial charge is 0.289 e. The number of nitrogens with zero attached hydrogens (tertiary/aromatic N) is 2. The molecule has 0 bridgehead atoms. The molecule has 1 aromatic heterocycles. The summed E-state index contributed by atoms with van der Waals surface area (Å²) in [7, 11) is -3.13. The number of carbonyl (C=O) groups excluding carboxylic acids is 1. The van der Waals surface area contributed by atoms with Crippen LogP contribution in [0.3, 0.4) is 0 Å². The Morgan fingerprint density at radius 1 is 1.33 bits per heavy atom. The largest absolute Gasteiger partial charge is 0.459 e. The zero-order valence-electron chi connectivity index (χ0n) is 14.1. The number of hydrogen-bond acceptors (Lipinski definition) is 5. The van der Waals surface area contributed by atoms with Gasteiger partial charge in [0.05, 0.1) is 23.8 Å². The number of furan rings is 1. The summed E-state index contributed by atoms with van der Waals surface area (Å²) in [6, 6.07) is 2.87. The van der Waals surface area contributed by atoms with E-state index in [2.05, 4.69) is 24.8 Å². The van der Waals surface area contributed by atoms with Crippen LogP contribution in [-0.2, 0) is 9.84 Å². The molecule has 6 nitrogen and oxygen atoms in total. The number of rotatable bonds is 4. The molecule has 1 amide bonds. The summed E-state index contributed by atoms with van der Waals surface area (Å²) in [5, 5.41) is 0. The third kappa shape index (κ3) is 3.42. The van der Waals surface area contributed by atoms with Crippen LogP contribution in [0.4, 0.5) is 0 Å². The van der Waals surface area contributed by atoms with Crippen LogP contribution in [0, 0.1) is 0 Å². The van der Waals surface area contributed by atoms with Crippen molar-refractivity contribution in [3.05, 3.63) is 35.8 Å². The van der Waals surface area contributed by atoms with E-state index in [4.69, 9.17) is 4.42 Å². The lowest BCUT2D eigenvalue weighted by Crippen LogP contribution is -2.60. The molecule has 2 atom stereocenters. The molecule has 132 valence electrons. The maximum atomic E-state index is 12.7. The van der Waals surface area contributed by atoms with Crippen molar-refractivity contribution >= 4 is 15.7 Å². The number of fused-ring (bicyclic) bond motifs is 1. The van der Waals surface area contributed by atoms with Crippen LogP contribution in [0.25, 0.3) is 0 Å². The number of allylic oxidation sites excluding steroid dienone is 1. The lowest BCUT2D eigenvalue weighted by atomic mass is 10.0. The van der Waals surface area contributed by atoms with Gasteiger partial charge in [-0.25, -0.2) is 8.42 Å². The van der Waals surface area contributed by atoms with Crippen molar-refractivity contribution in [2.24, 2.45) is 0 Å². The van der Waals surface area contributed by atoms with Gasteiger partial charge in [0.1, 0.15) is 0 Å². The zero-order chi connectivity index (χ0) is 17.3. The van der Waals surface area contributed by atoms with Crippen LogP contribution in [0.2, 0.25) is 0 Å². The quantitative estimate of drug-likeness (QED) is 0.769. The van der Waals surface area contributed by atoms with Gasteiger partial charge >= 0.3 is 0 Å². The normalized spacial score (nSPS) is 27.2. The Morgan fingerprint density at radius 2 is 2.08 bits per heavy atom. The Bertz CT molecular complexity index is 724. The molecule has 3 heterocycles. The molecular formula is C17H24N2O4S. The van der Waals surface area contributed by atoms with Gasteiger partial charge in [0, 0.05) is 25.7 Å². The standard InChI is InChI=1S/C17H24N2O4S/c1-3-5-13(2)10-18-7-8-19(17(20)16-6-4-9-23-16)15-12-24(21,22)11-14(15)18/h4-6,9,14-15H,3,7-8,10-12H2,1-2H3/b13-5+/t14-,15+/m0/s1. The molecule has 0 aliphatic carbocycles. The van der Waals surface area contributed by atoms with Crippen molar-refractivity contribution in [2.75, 3.05) is 31.1 Å². The molecule has 0 radical (unpaired) electrons. The van der Waals surface area contributed by atoms with Crippen LogP contribution < -0.4 is 0 Å². The Kier molecular flexibility index (Phi) is 4.83. The summed E-state index contributed by atoms with van der Waals surface area (Å²) in [5.41, 5.74) is 1.24.